The Morgan fingerprint density at radius 1 is 1.14 bits per heavy atom. The van der Waals surface area contributed by atoms with Crippen molar-refractivity contribution >= 4 is 28.4 Å². The van der Waals surface area contributed by atoms with Crippen molar-refractivity contribution in [2.24, 2.45) is 0 Å². The molecule has 0 unspecified atom stereocenters. The maximum Gasteiger partial charge on any atom is 0.410 e. The minimum Gasteiger partial charge on any atom is -0.444 e. The van der Waals surface area contributed by atoms with Crippen molar-refractivity contribution in [3.8, 4) is 11.1 Å². The quantitative estimate of drug-likeness (QED) is 0.656. The molecule has 1 amide bonds. The molecular formula is C23H26N4O2. The van der Waals surface area contributed by atoms with Gasteiger partial charge in [-0.1, -0.05) is 42.5 Å². The molecule has 6 nitrogen and oxygen atoms in total. The maximum atomic E-state index is 12.4. The second kappa shape index (κ2) is 7.28. The van der Waals surface area contributed by atoms with Crippen molar-refractivity contribution in [2.45, 2.75) is 32.8 Å². The highest BCUT2D eigenvalue weighted by atomic mass is 16.6. The van der Waals surface area contributed by atoms with Crippen molar-refractivity contribution in [3.05, 3.63) is 54.1 Å². The fraction of sp³-hybridized carbons (Fsp3) is 0.304. The van der Waals surface area contributed by atoms with Gasteiger partial charge in [0.25, 0.3) is 0 Å². The van der Waals surface area contributed by atoms with Crippen molar-refractivity contribution in [1.82, 2.24) is 15.1 Å². The molecule has 2 heterocycles. The third-order valence-electron chi connectivity index (χ3n) is 4.99. The highest BCUT2D eigenvalue weighted by molar-refractivity contribution is 6.01. The molecule has 3 aromatic rings. The molecule has 2 aromatic carbocycles. The van der Waals surface area contributed by atoms with Gasteiger partial charge in [-0.2, -0.15) is 5.10 Å². The van der Waals surface area contributed by atoms with Crippen LogP contribution in [0.2, 0.25) is 0 Å². The number of nitrogens with one attached hydrogen (secondary N) is 1. The number of ether oxygens (including phenoxy) is 1. The Hall–Kier alpha value is -3.28. The Kier molecular flexibility index (Phi) is 4.78. The largest absolute Gasteiger partial charge is 0.444 e. The van der Waals surface area contributed by atoms with Gasteiger partial charge in [0.15, 0.2) is 5.82 Å². The van der Waals surface area contributed by atoms with E-state index in [1.807, 2.05) is 39.0 Å². The molecule has 150 valence electrons. The molecule has 0 fully saturated rings. The van der Waals surface area contributed by atoms with E-state index in [0.29, 0.717) is 18.9 Å². The molecule has 0 spiro atoms. The molecule has 1 aliphatic heterocycles. The van der Waals surface area contributed by atoms with Crippen molar-refractivity contribution in [3.63, 3.8) is 0 Å². The average Bonchev–Trinajstić information content (AvgIpc) is 3.08. The van der Waals surface area contributed by atoms with Crippen LogP contribution >= 0.6 is 0 Å². The number of hydrogen-bond donors (Lipinski definition) is 2. The lowest BCUT2D eigenvalue weighted by molar-refractivity contribution is 0.0273. The highest BCUT2D eigenvalue weighted by Gasteiger charge is 2.24. The van der Waals surface area contributed by atoms with Crippen LogP contribution in [0.1, 0.15) is 32.8 Å². The van der Waals surface area contributed by atoms with Gasteiger partial charge in [0.1, 0.15) is 5.60 Å². The third-order valence-corrected chi connectivity index (χ3v) is 4.99. The minimum absolute atomic E-state index is 0.262. The van der Waals surface area contributed by atoms with Gasteiger partial charge in [-0.25, -0.2) is 4.79 Å². The summed E-state index contributed by atoms with van der Waals surface area (Å²) in [6.07, 6.45) is 2.76. The molecule has 1 aromatic heterocycles. The van der Waals surface area contributed by atoms with Crippen LogP contribution in [0.5, 0.6) is 0 Å². The first-order chi connectivity index (χ1) is 13.8. The number of nitrogens with zero attached hydrogens (tertiary/aromatic N) is 2. The molecule has 29 heavy (non-hydrogen) atoms. The van der Waals surface area contributed by atoms with E-state index in [-0.39, 0.29) is 6.09 Å². The number of anilines is 1. The number of nitrogen functional groups attached to an aromatic ring is 1. The number of nitrogens with two attached hydrogens (primary N) is 1. The van der Waals surface area contributed by atoms with Gasteiger partial charge >= 0.3 is 6.09 Å². The Morgan fingerprint density at radius 3 is 2.59 bits per heavy atom. The van der Waals surface area contributed by atoms with E-state index in [2.05, 4.69) is 40.5 Å². The molecule has 0 aliphatic carbocycles. The van der Waals surface area contributed by atoms with Gasteiger partial charge in [-0.05, 0) is 55.5 Å². The van der Waals surface area contributed by atoms with Crippen LogP contribution in [0.4, 0.5) is 10.6 Å². The van der Waals surface area contributed by atoms with Crippen LogP contribution in [-0.4, -0.2) is 39.9 Å². The zero-order chi connectivity index (χ0) is 20.6. The smallest absolute Gasteiger partial charge is 0.410 e. The molecule has 0 atom stereocenters. The summed E-state index contributed by atoms with van der Waals surface area (Å²) in [4.78, 5) is 14.2. The second-order valence-corrected chi connectivity index (χ2v) is 8.33. The van der Waals surface area contributed by atoms with Crippen LogP contribution in [0.25, 0.3) is 27.6 Å². The number of aromatic amines is 1. The topological polar surface area (TPSA) is 84.2 Å². The van der Waals surface area contributed by atoms with Gasteiger partial charge in [0.2, 0.25) is 0 Å². The maximum absolute atomic E-state index is 12.4. The van der Waals surface area contributed by atoms with Crippen LogP contribution in [0.15, 0.2) is 48.5 Å². The first kappa shape index (κ1) is 19.1. The van der Waals surface area contributed by atoms with E-state index < -0.39 is 5.60 Å². The summed E-state index contributed by atoms with van der Waals surface area (Å²) >= 11 is 0. The Labute approximate surface area is 170 Å². The van der Waals surface area contributed by atoms with Gasteiger partial charge in [0.05, 0.1) is 10.9 Å². The van der Waals surface area contributed by atoms with E-state index in [9.17, 15) is 4.79 Å². The summed E-state index contributed by atoms with van der Waals surface area (Å²) in [5, 5.41) is 8.01. The summed E-state index contributed by atoms with van der Waals surface area (Å²) in [5.74, 6) is 0.502. The molecule has 0 saturated heterocycles. The number of benzene rings is 2. The number of hydrogen-bond acceptors (Lipinski definition) is 4. The van der Waals surface area contributed by atoms with Crippen molar-refractivity contribution < 1.29 is 9.53 Å². The van der Waals surface area contributed by atoms with E-state index >= 15 is 0 Å². The van der Waals surface area contributed by atoms with Crippen molar-refractivity contribution in [2.75, 3.05) is 18.8 Å². The first-order valence-electron chi connectivity index (χ1n) is 9.82. The van der Waals surface area contributed by atoms with E-state index in [4.69, 9.17) is 10.5 Å². The molecule has 6 heteroatoms. The summed E-state index contributed by atoms with van der Waals surface area (Å²) in [6.45, 7) is 6.89. The standard InChI is InChI=1S/C23H26N4O2/c1-23(2,3)29-22(28)27-13-5-6-17(14-27)15-9-11-16(12-10-15)18-7-4-8-19-20(18)21(24)26-25-19/h4,6-12H,5,13-14H2,1-3H3,(H3,24,25,26). The lowest BCUT2D eigenvalue weighted by atomic mass is 9.96. The highest BCUT2D eigenvalue weighted by Crippen LogP contribution is 2.32. The number of aromatic nitrogens is 2. The third kappa shape index (κ3) is 3.97. The predicted octanol–water partition coefficient (Wildman–Crippen LogP) is 4.84. The van der Waals surface area contributed by atoms with Gasteiger partial charge in [-0.15, -0.1) is 0 Å². The number of H-pyrrole nitrogens is 1. The van der Waals surface area contributed by atoms with Gasteiger partial charge in [0, 0.05) is 13.1 Å². The van der Waals surface area contributed by atoms with Crippen LogP contribution < -0.4 is 5.73 Å². The summed E-state index contributed by atoms with van der Waals surface area (Å²) in [7, 11) is 0. The summed E-state index contributed by atoms with van der Waals surface area (Å²) < 4.78 is 5.52. The molecule has 0 bridgehead atoms. The van der Waals surface area contributed by atoms with Crippen molar-refractivity contribution in [1.29, 1.82) is 0 Å². The Balaban J connectivity index is 1.56. The predicted molar refractivity (Wildman–Crippen MR) is 116 cm³/mol. The number of amides is 1. The summed E-state index contributed by atoms with van der Waals surface area (Å²) in [6, 6.07) is 14.4. The molecular weight excluding hydrogens is 364 g/mol. The molecule has 4 rings (SSSR count). The van der Waals surface area contributed by atoms with Crippen LogP contribution in [0.3, 0.4) is 0 Å². The second-order valence-electron chi connectivity index (χ2n) is 8.33. The minimum atomic E-state index is -0.490. The fourth-order valence-corrected chi connectivity index (χ4v) is 3.64. The molecule has 3 N–H and O–H groups in total. The number of carbonyl (C=O) groups excluding carboxylic acids is 1. The van der Waals surface area contributed by atoms with E-state index in [1.54, 1.807) is 4.90 Å². The molecule has 0 radical (unpaired) electrons. The lowest BCUT2D eigenvalue weighted by Crippen LogP contribution is -2.39. The molecule has 0 saturated carbocycles. The van der Waals surface area contributed by atoms with Gasteiger partial charge < -0.3 is 15.4 Å². The normalized spacial score (nSPS) is 14.7. The zero-order valence-corrected chi connectivity index (χ0v) is 17.0. The Bertz CT molecular complexity index is 1070. The van der Waals surface area contributed by atoms with E-state index in [1.165, 1.54) is 0 Å². The zero-order valence-electron chi connectivity index (χ0n) is 17.0. The average molecular weight is 390 g/mol. The summed E-state index contributed by atoms with van der Waals surface area (Å²) in [5.41, 5.74) is 10.8. The fourth-order valence-electron chi connectivity index (χ4n) is 3.64. The van der Waals surface area contributed by atoms with Crippen LogP contribution in [-0.2, 0) is 4.74 Å². The van der Waals surface area contributed by atoms with E-state index in [0.717, 1.165) is 39.6 Å². The van der Waals surface area contributed by atoms with Crippen LogP contribution in [0, 0.1) is 0 Å². The van der Waals surface area contributed by atoms with Gasteiger partial charge in [-0.3, -0.25) is 5.10 Å². The number of rotatable bonds is 2. The monoisotopic (exact) mass is 390 g/mol. The SMILES string of the molecule is CC(C)(C)OC(=O)N1CCC=C(c2ccc(-c3cccc4[nH]nc(N)c34)cc2)C1. The lowest BCUT2D eigenvalue weighted by Gasteiger charge is -2.30. The first-order valence-corrected chi connectivity index (χ1v) is 9.82. The number of fused-ring (bicyclic) bond motifs is 1. The molecule has 1 aliphatic rings. The Morgan fingerprint density at radius 2 is 1.86 bits per heavy atom. The number of carbonyl (C=O) groups is 1.